The first-order valence-corrected chi connectivity index (χ1v) is 8.33. The minimum Gasteiger partial charge on any atom is -0.490 e. The number of ether oxygens (including phenoxy) is 1. The van der Waals surface area contributed by atoms with Crippen molar-refractivity contribution in [3.8, 4) is 5.75 Å². The van der Waals surface area contributed by atoms with Crippen LogP contribution in [0.5, 0.6) is 5.75 Å². The van der Waals surface area contributed by atoms with Gasteiger partial charge in [0.1, 0.15) is 5.75 Å². The van der Waals surface area contributed by atoms with E-state index in [0.717, 1.165) is 5.75 Å². The van der Waals surface area contributed by atoms with Crippen LogP contribution in [-0.4, -0.2) is 6.10 Å². The van der Waals surface area contributed by atoms with Crippen LogP contribution in [-0.2, 0) is 0 Å². The summed E-state index contributed by atoms with van der Waals surface area (Å²) in [6.07, 6.45) is 8.01. The smallest absolute Gasteiger partial charge is 0.120 e. The molecule has 3 rings (SSSR count). The molecule has 0 saturated heterocycles. The second-order valence-corrected chi connectivity index (χ2v) is 7.37. The molecule has 1 aromatic carbocycles. The first kappa shape index (κ1) is 14.9. The van der Waals surface area contributed by atoms with Crippen molar-refractivity contribution in [2.45, 2.75) is 64.5 Å². The molecule has 0 heterocycles. The number of hydrogen-bond donors (Lipinski definition) is 2. The Kier molecular flexibility index (Phi) is 4.23. The van der Waals surface area contributed by atoms with Crippen molar-refractivity contribution in [1.82, 2.24) is 5.43 Å². The molecule has 0 amide bonds. The lowest BCUT2D eigenvalue weighted by atomic mass is 9.65. The van der Waals surface area contributed by atoms with Gasteiger partial charge in [-0.3, -0.25) is 11.3 Å². The number of nitrogens with one attached hydrogen (secondary N) is 1. The maximum atomic E-state index is 5.93. The maximum Gasteiger partial charge on any atom is 0.120 e. The van der Waals surface area contributed by atoms with Crippen molar-refractivity contribution in [1.29, 1.82) is 0 Å². The molecule has 0 aliphatic heterocycles. The summed E-state index contributed by atoms with van der Waals surface area (Å²) in [7, 11) is 0. The maximum absolute atomic E-state index is 5.93. The highest BCUT2D eigenvalue weighted by Gasteiger charge is 2.38. The summed E-state index contributed by atoms with van der Waals surface area (Å²) < 4.78 is 5.93. The van der Waals surface area contributed by atoms with E-state index in [-0.39, 0.29) is 6.04 Å². The van der Waals surface area contributed by atoms with Gasteiger partial charge in [0, 0.05) is 6.04 Å². The summed E-state index contributed by atoms with van der Waals surface area (Å²) >= 11 is 0. The zero-order chi connectivity index (χ0) is 14.9. The molecule has 2 unspecified atom stereocenters. The van der Waals surface area contributed by atoms with Crippen LogP contribution >= 0.6 is 0 Å². The van der Waals surface area contributed by atoms with Gasteiger partial charge in [0.05, 0.1) is 6.10 Å². The van der Waals surface area contributed by atoms with E-state index in [1.54, 1.807) is 0 Å². The normalized spacial score (nSPS) is 26.3. The molecule has 1 aromatic rings. The number of rotatable bonds is 5. The molecule has 3 heteroatoms. The Morgan fingerprint density at radius 3 is 2.71 bits per heavy atom. The highest BCUT2D eigenvalue weighted by molar-refractivity contribution is 5.31. The van der Waals surface area contributed by atoms with Crippen molar-refractivity contribution in [2.75, 3.05) is 0 Å². The molecule has 2 atom stereocenters. The molecule has 0 aromatic heterocycles. The van der Waals surface area contributed by atoms with Gasteiger partial charge < -0.3 is 4.74 Å². The lowest BCUT2D eigenvalue weighted by molar-refractivity contribution is 0.0981. The number of hydrazine groups is 1. The standard InChI is InChI=1S/C18H28N2O/c1-18(2)11-4-3-8-16(18)17(20-19)13-6-5-7-15(12-13)21-14-9-10-14/h5-7,12,14,16-17,20H,3-4,8-11,19H2,1-2H3. The first-order valence-electron chi connectivity index (χ1n) is 8.33. The van der Waals surface area contributed by atoms with Crippen LogP contribution in [0.25, 0.3) is 0 Å². The minimum absolute atomic E-state index is 0.211. The van der Waals surface area contributed by atoms with E-state index < -0.39 is 0 Å². The Balaban J connectivity index is 1.81. The summed E-state index contributed by atoms with van der Waals surface area (Å²) in [5, 5.41) is 0. The van der Waals surface area contributed by atoms with Gasteiger partial charge in [-0.2, -0.15) is 0 Å². The van der Waals surface area contributed by atoms with Gasteiger partial charge in [0.15, 0.2) is 0 Å². The lowest BCUT2D eigenvalue weighted by Gasteiger charge is -2.43. The molecule has 2 fully saturated rings. The largest absolute Gasteiger partial charge is 0.490 e. The van der Waals surface area contributed by atoms with E-state index >= 15 is 0 Å². The van der Waals surface area contributed by atoms with Crippen molar-refractivity contribution >= 4 is 0 Å². The predicted molar refractivity (Wildman–Crippen MR) is 85.9 cm³/mol. The lowest BCUT2D eigenvalue weighted by Crippen LogP contribution is -2.41. The van der Waals surface area contributed by atoms with Gasteiger partial charge >= 0.3 is 0 Å². The Bertz CT molecular complexity index is 482. The van der Waals surface area contributed by atoms with Crippen LogP contribution in [0.3, 0.4) is 0 Å². The second-order valence-electron chi connectivity index (χ2n) is 7.37. The first-order chi connectivity index (χ1) is 10.1. The molecule has 2 saturated carbocycles. The SMILES string of the molecule is CC1(C)CCCCC1C(NN)c1cccc(OC2CC2)c1. The molecule has 116 valence electrons. The molecule has 0 radical (unpaired) electrons. The average molecular weight is 288 g/mol. The third-order valence-electron chi connectivity index (χ3n) is 5.22. The van der Waals surface area contributed by atoms with E-state index in [9.17, 15) is 0 Å². The molecule has 3 N–H and O–H groups in total. The fourth-order valence-electron chi connectivity index (χ4n) is 3.74. The molecule has 21 heavy (non-hydrogen) atoms. The zero-order valence-electron chi connectivity index (χ0n) is 13.3. The van der Waals surface area contributed by atoms with E-state index in [4.69, 9.17) is 10.6 Å². The molecule has 2 aliphatic carbocycles. The Hall–Kier alpha value is -1.06. The van der Waals surface area contributed by atoms with Crippen LogP contribution in [0.2, 0.25) is 0 Å². The van der Waals surface area contributed by atoms with Crippen molar-refractivity contribution < 1.29 is 4.74 Å². The van der Waals surface area contributed by atoms with Crippen LogP contribution in [0.4, 0.5) is 0 Å². The second kappa shape index (κ2) is 5.98. The van der Waals surface area contributed by atoms with Gasteiger partial charge in [-0.1, -0.05) is 38.8 Å². The summed E-state index contributed by atoms with van der Waals surface area (Å²) in [6, 6.07) is 8.71. The third kappa shape index (κ3) is 3.41. The molecular weight excluding hydrogens is 260 g/mol. The van der Waals surface area contributed by atoms with E-state index in [1.807, 2.05) is 0 Å². The summed E-state index contributed by atoms with van der Waals surface area (Å²) in [5.41, 5.74) is 4.68. The fourth-order valence-corrected chi connectivity index (χ4v) is 3.74. The summed E-state index contributed by atoms with van der Waals surface area (Å²) in [5.74, 6) is 7.50. The van der Waals surface area contributed by atoms with Crippen molar-refractivity contribution in [3.63, 3.8) is 0 Å². The van der Waals surface area contributed by atoms with Gasteiger partial charge in [-0.15, -0.1) is 0 Å². The molecule has 3 nitrogen and oxygen atoms in total. The Morgan fingerprint density at radius 1 is 1.24 bits per heavy atom. The Labute approximate surface area is 128 Å². The van der Waals surface area contributed by atoms with Crippen LogP contribution < -0.4 is 16.0 Å². The molecule has 0 bridgehead atoms. The van der Waals surface area contributed by atoms with E-state index in [2.05, 4.69) is 43.5 Å². The topological polar surface area (TPSA) is 47.3 Å². The fraction of sp³-hybridized carbons (Fsp3) is 0.667. The van der Waals surface area contributed by atoms with Crippen LogP contribution in [0.15, 0.2) is 24.3 Å². The van der Waals surface area contributed by atoms with Gasteiger partial charge in [0.2, 0.25) is 0 Å². The average Bonchev–Trinajstić information content (AvgIpc) is 3.26. The number of nitrogens with two attached hydrogens (primary N) is 1. The predicted octanol–water partition coefficient (Wildman–Crippen LogP) is 3.95. The summed E-state index contributed by atoms with van der Waals surface area (Å²) in [6.45, 7) is 4.76. The highest BCUT2D eigenvalue weighted by atomic mass is 16.5. The molecule has 0 spiro atoms. The number of hydrogen-bond acceptors (Lipinski definition) is 3. The van der Waals surface area contributed by atoms with E-state index in [1.165, 1.54) is 44.1 Å². The van der Waals surface area contributed by atoms with Crippen molar-refractivity contribution in [3.05, 3.63) is 29.8 Å². The molecular formula is C18H28N2O. The Morgan fingerprint density at radius 2 is 2.05 bits per heavy atom. The van der Waals surface area contributed by atoms with Crippen LogP contribution in [0.1, 0.15) is 64.0 Å². The van der Waals surface area contributed by atoms with Crippen LogP contribution in [0, 0.1) is 11.3 Å². The summed E-state index contributed by atoms with van der Waals surface area (Å²) in [4.78, 5) is 0. The van der Waals surface area contributed by atoms with Gasteiger partial charge in [-0.25, -0.2) is 0 Å². The molecule has 2 aliphatic rings. The van der Waals surface area contributed by atoms with Crippen molar-refractivity contribution in [2.24, 2.45) is 17.2 Å². The zero-order valence-corrected chi connectivity index (χ0v) is 13.3. The quantitative estimate of drug-likeness (QED) is 0.637. The van der Waals surface area contributed by atoms with Gasteiger partial charge in [-0.05, 0) is 54.7 Å². The van der Waals surface area contributed by atoms with E-state index in [0.29, 0.717) is 17.4 Å². The minimum atomic E-state index is 0.211. The van der Waals surface area contributed by atoms with Gasteiger partial charge in [0.25, 0.3) is 0 Å². The highest BCUT2D eigenvalue weighted by Crippen LogP contribution is 2.46. The number of benzene rings is 1. The monoisotopic (exact) mass is 288 g/mol. The third-order valence-corrected chi connectivity index (χ3v) is 5.22.